The second-order valence-corrected chi connectivity index (χ2v) is 6.97. The maximum absolute atomic E-state index is 3.92. The monoisotopic (exact) mass is 266 g/mol. The van der Waals surface area contributed by atoms with Crippen LogP contribution < -0.4 is 5.32 Å². The zero-order valence-corrected chi connectivity index (χ0v) is 13.3. The highest BCUT2D eigenvalue weighted by molar-refractivity contribution is 4.84. The van der Waals surface area contributed by atoms with Crippen LogP contribution in [0.15, 0.2) is 0 Å². The average molecular weight is 266 g/mol. The van der Waals surface area contributed by atoms with Crippen molar-refractivity contribution in [1.29, 1.82) is 0 Å². The molecule has 1 aliphatic heterocycles. The molecule has 0 aromatic heterocycles. The van der Waals surface area contributed by atoms with E-state index >= 15 is 0 Å². The van der Waals surface area contributed by atoms with Crippen molar-refractivity contribution in [2.75, 3.05) is 19.6 Å². The lowest BCUT2D eigenvalue weighted by atomic mass is 9.88. The van der Waals surface area contributed by atoms with E-state index in [2.05, 4.69) is 31.0 Å². The molecule has 0 bridgehead atoms. The minimum absolute atomic E-state index is 0.708. The van der Waals surface area contributed by atoms with Crippen LogP contribution in [-0.2, 0) is 0 Å². The van der Waals surface area contributed by atoms with Gasteiger partial charge in [-0.2, -0.15) is 0 Å². The largest absolute Gasteiger partial charge is 0.311 e. The first-order valence-electron chi connectivity index (χ1n) is 8.69. The summed E-state index contributed by atoms with van der Waals surface area (Å²) in [6.07, 6.45) is 9.92. The molecule has 112 valence electrons. The molecule has 1 N–H and O–H groups in total. The van der Waals surface area contributed by atoms with Crippen LogP contribution in [0.5, 0.6) is 0 Å². The number of hydrogen-bond donors (Lipinski definition) is 1. The lowest BCUT2D eigenvalue weighted by Crippen LogP contribution is -2.46. The third kappa shape index (κ3) is 4.46. The maximum atomic E-state index is 3.92. The summed E-state index contributed by atoms with van der Waals surface area (Å²) >= 11 is 0. The van der Waals surface area contributed by atoms with Gasteiger partial charge in [-0.3, -0.25) is 0 Å². The molecule has 0 aromatic rings. The lowest BCUT2D eigenvalue weighted by Gasteiger charge is -2.37. The fraction of sp³-hybridized carbons (Fsp3) is 1.00. The Morgan fingerprint density at radius 1 is 0.947 bits per heavy atom. The number of nitrogens with one attached hydrogen (secondary N) is 1. The van der Waals surface area contributed by atoms with Crippen molar-refractivity contribution in [3.63, 3.8) is 0 Å². The van der Waals surface area contributed by atoms with Gasteiger partial charge in [0.1, 0.15) is 0 Å². The molecule has 2 nitrogen and oxygen atoms in total. The van der Waals surface area contributed by atoms with Crippen LogP contribution >= 0.6 is 0 Å². The van der Waals surface area contributed by atoms with Crippen LogP contribution in [-0.4, -0.2) is 36.6 Å². The minimum Gasteiger partial charge on any atom is -0.311 e. The number of likely N-dealkylation sites (tertiary alicyclic amines) is 1. The van der Waals surface area contributed by atoms with Crippen LogP contribution in [0.25, 0.3) is 0 Å². The number of nitrogens with zero attached hydrogens (tertiary/aromatic N) is 1. The Labute approximate surface area is 120 Å². The molecule has 1 saturated heterocycles. The molecule has 0 radical (unpaired) electrons. The van der Waals surface area contributed by atoms with Crippen molar-refractivity contribution in [2.45, 2.75) is 77.8 Å². The molecule has 1 heterocycles. The Hall–Kier alpha value is -0.0800. The van der Waals surface area contributed by atoms with Gasteiger partial charge in [0.15, 0.2) is 0 Å². The fourth-order valence-electron chi connectivity index (χ4n) is 4.14. The molecule has 2 aliphatic rings. The smallest absolute Gasteiger partial charge is 0.00705 e. The molecule has 0 amide bonds. The van der Waals surface area contributed by atoms with Crippen LogP contribution in [0.3, 0.4) is 0 Å². The number of piperidine rings is 1. The zero-order chi connectivity index (χ0) is 13.7. The molecule has 2 unspecified atom stereocenters. The Bertz CT molecular complexity index is 240. The van der Waals surface area contributed by atoms with Crippen molar-refractivity contribution in [1.82, 2.24) is 10.2 Å². The molecular formula is C17H34N2. The van der Waals surface area contributed by atoms with Crippen molar-refractivity contribution < 1.29 is 0 Å². The molecule has 2 heteroatoms. The van der Waals surface area contributed by atoms with Crippen molar-refractivity contribution in [2.24, 2.45) is 11.8 Å². The first-order chi connectivity index (χ1) is 9.20. The van der Waals surface area contributed by atoms with Gasteiger partial charge in [0.05, 0.1) is 0 Å². The van der Waals surface area contributed by atoms with Crippen molar-refractivity contribution in [3.8, 4) is 0 Å². The third-order valence-electron chi connectivity index (χ3n) is 5.51. The summed E-state index contributed by atoms with van der Waals surface area (Å²) in [5.41, 5.74) is 0. The summed E-state index contributed by atoms with van der Waals surface area (Å²) in [6.45, 7) is 11.1. The third-order valence-corrected chi connectivity index (χ3v) is 5.51. The van der Waals surface area contributed by atoms with Gasteiger partial charge in [-0.15, -0.1) is 0 Å². The van der Waals surface area contributed by atoms with E-state index in [4.69, 9.17) is 0 Å². The highest BCUT2D eigenvalue weighted by Gasteiger charge is 2.27. The van der Waals surface area contributed by atoms with Gasteiger partial charge in [-0.05, 0) is 77.4 Å². The molecule has 2 fully saturated rings. The second kappa shape index (κ2) is 7.64. The Morgan fingerprint density at radius 2 is 1.47 bits per heavy atom. The summed E-state index contributed by atoms with van der Waals surface area (Å²) in [6, 6.07) is 1.44. The fourth-order valence-corrected chi connectivity index (χ4v) is 4.14. The molecule has 19 heavy (non-hydrogen) atoms. The van der Waals surface area contributed by atoms with Crippen LogP contribution in [0.2, 0.25) is 0 Å². The van der Waals surface area contributed by atoms with E-state index in [1.165, 1.54) is 64.6 Å². The highest BCUT2D eigenvalue weighted by atomic mass is 15.1. The standard InChI is InChI=1S/C17H34N2/c1-4-11-19-12-9-17(10-13-19)15(3)18-14(2)16-7-5-6-8-16/h14-18H,4-13H2,1-3H3. The molecule has 2 atom stereocenters. The summed E-state index contributed by atoms with van der Waals surface area (Å²) in [4.78, 5) is 2.64. The van der Waals surface area contributed by atoms with Crippen molar-refractivity contribution >= 4 is 0 Å². The van der Waals surface area contributed by atoms with Gasteiger partial charge in [0.25, 0.3) is 0 Å². The molecule has 0 aromatic carbocycles. The Morgan fingerprint density at radius 3 is 2.00 bits per heavy atom. The van der Waals surface area contributed by atoms with E-state index in [0.717, 1.165) is 17.9 Å². The molecule has 2 rings (SSSR count). The van der Waals surface area contributed by atoms with Crippen LogP contribution in [0, 0.1) is 11.8 Å². The van der Waals surface area contributed by atoms with Gasteiger partial charge in [-0.25, -0.2) is 0 Å². The highest BCUT2D eigenvalue weighted by Crippen LogP contribution is 2.29. The number of rotatable bonds is 6. The summed E-state index contributed by atoms with van der Waals surface area (Å²) < 4.78 is 0. The second-order valence-electron chi connectivity index (χ2n) is 6.97. The van der Waals surface area contributed by atoms with E-state index in [1.54, 1.807) is 0 Å². The SMILES string of the molecule is CCCN1CCC(C(C)NC(C)C2CCCC2)CC1. The maximum Gasteiger partial charge on any atom is 0.00705 e. The predicted molar refractivity (Wildman–Crippen MR) is 83.5 cm³/mol. The zero-order valence-electron chi connectivity index (χ0n) is 13.3. The predicted octanol–water partition coefficient (Wildman–Crippen LogP) is 3.67. The van der Waals surface area contributed by atoms with E-state index in [0.29, 0.717) is 6.04 Å². The lowest BCUT2D eigenvalue weighted by molar-refractivity contribution is 0.155. The van der Waals surface area contributed by atoms with Gasteiger partial charge in [-0.1, -0.05) is 19.8 Å². The molecule has 0 spiro atoms. The summed E-state index contributed by atoms with van der Waals surface area (Å²) in [5.74, 6) is 1.85. The minimum atomic E-state index is 0.708. The Kier molecular flexibility index (Phi) is 6.15. The Balaban J connectivity index is 1.70. The first kappa shape index (κ1) is 15.3. The van der Waals surface area contributed by atoms with Gasteiger partial charge < -0.3 is 10.2 Å². The normalized spacial score (nSPS) is 26.7. The van der Waals surface area contributed by atoms with Gasteiger partial charge in [0, 0.05) is 12.1 Å². The van der Waals surface area contributed by atoms with Gasteiger partial charge >= 0.3 is 0 Å². The van der Waals surface area contributed by atoms with E-state index < -0.39 is 0 Å². The summed E-state index contributed by atoms with van der Waals surface area (Å²) in [7, 11) is 0. The molecular weight excluding hydrogens is 232 g/mol. The van der Waals surface area contributed by atoms with Crippen LogP contribution in [0.1, 0.15) is 65.7 Å². The molecule has 1 aliphatic carbocycles. The van der Waals surface area contributed by atoms with Crippen LogP contribution in [0.4, 0.5) is 0 Å². The number of hydrogen-bond acceptors (Lipinski definition) is 2. The summed E-state index contributed by atoms with van der Waals surface area (Å²) in [5, 5.41) is 3.92. The first-order valence-corrected chi connectivity index (χ1v) is 8.69. The quantitative estimate of drug-likeness (QED) is 0.789. The average Bonchev–Trinajstić information content (AvgIpc) is 2.94. The van der Waals surface area contributed by atoms with Gasteiger partial charge in [0.2, 0.25) is 0 Å². The topological polar surface area (TPSA) is 15.3 Å². The molecule has 1 saturated carbocycles. The van der Waals surface area contributed by atoms with E-state index in [-0.39, 0.29) is 0 Å². The van der Waals surface area contributed by atoms with E-state index in [9.17, 15) is 0 Å². The van der Waals surface area contributed by atoms with E-state index in [1.807, 2.05) is 0 Å². The van der Waals surface area contributed by atoms with Crippen molar-refractivity contribution in [3.05, 3.63) is 0 Å².